The van der Waals surface area contributed by atoms with Crippen LogP contribution >= 0.6 is 0 Å². The van der Waals surface area contributed by atoms with E-state index in [0.29, 0.717) is 5.56 Å². The second-order valence-electron chi connectivity index (χ2n) is 8.52. The Balaban J connectivity index is 2.29. The average molecular weight is 410 g/mol. The summed E-state index contributed by atoms with van der Waals surface area (Å²) in [6.45, 7) is 10.3. The van der Waals surface area contributed by atoms with Crippen LogP contribution in [-0.2, 0) is 9.47 Å². The van der Waals surface area contributed by atoms with Gasteiger partial charge in [-0.3, -0.25) is 0 Å². The van der Waals surface area contributed by atoms with Gasteiger partial charge in [0.2, 0.25) is 0 Å². The Bertz CT molecular complexity index is 934. The molecule has 0 bridgehead atoms. The number of amides is 2. The SMILES string of the molecule is CC(C)(C)OC(=O)NN(C(=O)OC(C)(C)C)c1ccc(-c2ccc(C#N)cc2)cn1. The molecule has 0 fully saturated rings. The molecule has 158 valence electrons. The Morgan fingerprint density at radius 3 is 1.97 bits per heavy atom. The summed E-state index contributed by atoms with van der Waals surface area (Å²) in [6.07, 6.45) is -0.0523. The van der Waals surface area contributed by atoms with Crippen LogP contribution in [0.4, 0.5) is 15.4 Å². The average Bonchev–Trinajstić information content (AvgIpc) is 2.63. The lowest BCUT2D eigenvalue weighted by Crippen LogP contribution is -2.50. The topological polar surface area (TPSA) is 105 Å². The number of ether oxygens (including phenoxy) is 2. The van der Waals surface area contributed by atoms with E-state index < -0.39 is 23.4 Å². The molecule has 2 rings (SSSR count). The molecular formula is C22H26N4O4. The van der Waals surface area contributed by atoms with E-state index >= 15 is 0 Å². The maximum Gasteiger partial charge on any atom is 0.435 e. The summed E-state index contributed by atoms with van der Waals surface area (Å²) in [5, 5.41) is 9.82. The molecule has 0 unspecified atom stereocenters. The predicted octanol–water partition coefficient (Wildman–Crippen LogP) is 4.80. The molecule has 0 saturated heterocycles. The van der Waals surface area contributed by atoms with E-state index in [1.54, 1.807) is 84.1 Å². The van der Waals surface area contributed by atoms with Crippen LogP contribution < -0.4 is 10.4 Å². The van der Waals surface area contributed by atoms with Crippen molar-refractivity contribution in [3.8, 4) is 17.2 Å². The number of nitrogens with one attached hydrogen (secondary N) is 1. The summed E-state index contributed by atoms with van der Waals surface area (Å²) in [4.78, 5) is 29.2. The first-order valence-electron chi connectivity index (χ1n) is 9.37. The van der Waals surface area contributed by atoms with Crippen LogP contribution in [0, 0.1) is 11.3 Å². The highest BCUT2D eigenvalue weighted by Crippen LogP contribution is 2.22. The fourth-order valence-corrected chi connectivity index (χ4v) is 2.32. The first-order chi connectivity index (χ1) is 13.9. The van der Waals surface area contributed by atoms with Crippen LogP contribution in [0.25, 0.3) is 11.1 Å². The fourth-order valence-electron chi connectivity index (χ4n) is 2.32. The minimum Gasteiger partial charge on any atom is -0.443 e. The summed E-state index contributed by atoms with van der Waals surface area (Å²) in [6, 6.07) is 12.4. The van der Waals surface area contributed by atoms with Crippen molar-refractivity contribution < 1.29 is 19.1 Å². The molecule has 8 nitrogen and oxygen atoms in total. The van der Waals surface area contributed by atoms with E-state index in [4.69, 9.17) is 14.7 Å². The second kappa shape index (κ2) is 8.82. The summed E-state index contributed by atoms with van der Waals surface area (Å²) >= 11 is 0. The van der Waals surface area contributed by atoms with E-state index in [1.807, 2.05) is 0 Å². The Labute approximate surface area is 176 Å². The van der Waals surface area contributed by atoms with E-state index in [1.165, 1.54) is 0 Å². The van der Waals surface area contributed by atoms with Crippen molar-refractivity contribution in [1.82, 2.24) is 10.4 Å². The van der Waals surface area contributed by atoms with Crippen LogP contribution in [0.2, 0.25) is 0 Å². The zero-order valence-electron chi connectivity index (χ0n) is 18.0. The molecule has 0 aliphatic carbocycles. The van der Waals surface area contributed by atoms with Gasteiger partial charge in [-0.2, -0.15) is 10.3 Å². The van der Waals surface area contributed by atoms with Crippen molar-refractivity contribution in [2.45, 2.75) is 52.7 Å². The number of hydrazine groups is 1. The molecule has 8 heteroatoms. The van der Waals surface area contributed by atoms with Gasteiger partial charge in [-0.05, 0) is 71.4 Å². The quantitative estimate of drug-likeness (QED) is 0.713. The lowest BCUT2D eigenvalue weighted by Gasteiger charge is -2.28. The van der Waals surface area contributed by atoms with Crippen LogP contribution in [0.1, 0.15) is 47.1 Å². The predicted molar refractivity (Wildman–Crippen MR) is 112 cm³/mol. The van der Waals surface area contributed by atoms with Crippen LogP contribution in [-0.4, -0.2) is 28.4 Å². The van der Waals surface area contributed by atoms with Gasteiger partial charge < -0.3 is 9.47 Å². The minimum absolute atomic E-state index is 0.160. The molecular weight excluding hydrogens is 384 g/mol. The molecule has 1 aromatic heterocycles. The number of rotatable bonds is 2. The smallest absolute Gasteiger partial charge is 0.435 e. The van der Waals surface area contributed by atoms with Gasteiger partial charge in [0, 0.05) is 11.8 Å². The summed E-state index contributed by atoms with van der Waals surface area (Å²) < 4.78 is 10.6. The summed E-state index contributed by atoms with van der Waals surface area (Å²) in [7, 11) is 0. The van der Waals surface area contributed by atoms with Crippen molar-refractivity contribution in [2.75, 3.05) is 5.01 Å². The second-order valence-corrected chi connectivity index (χ2v) is 8.52. The molecule has 0 aliphatic rings. The van der Waals surface area contributed by atoms with Crippen molar-refractivity contribution in [3.05, 3.63) is 48.2 Å². The van der Waals surface area contributed by atoms with Gasteiger partial charge in [0.25, 0.3) is 0 Å². The van der Waals surface area contributed by atoms with Gasteiger partial charge in [0.05, 0.1) is 11.6 Å². The molecule has 2 amide bonds. The molecule has 1 heterocycles. The standard InChI is InChI=1S/C22H26N4O4/c1-21(2,3)29-19(27)25-26(20(28)30-22(4,5)6)18-12-11-17(14-24-18)16-9-7-15(13-23)8-10-16/h7-12,14H,1-6H3,(H,25,27). The van der Waals surface area contributed by atoms with Gasteiger partial charge in [-0.25, -0.2) is 20.0 Å². The third-order valence-corrected chi connectivity index (χ3v) is 3.50. The number of carbonyl (C=O) groups excluding carboxylic acids is 2. The van der Waals surface area contributed by atoms with Gasteiger partial charge in [0.15, 0.2) is 5.82 Å². The lowest BCUT2D eigenvalue weighted by atomic mass is 10.1. The third kappa shape index (κ3) is 6.78. The van der Waals surface area contributed by atoms with Gasteiger partial charge in [-0.1, -0.05) is 12.1 Å². The normalized spacial score (nSPS) is 11.2. The third-order valence-electron chi connectivity index (χ3n) is 3.50. The Morgan fingerprint density at radius 1 is 0.933 bits per heavy atom. The van der Waals surface area contributed by atoms with Crippen molar-refractivity contribution in [1.29, 1.82) is 5.26 Å². The fraction of sp³-hybridized carbons (Fsp3) is 0.364. The number of carbonyl (C=O) groups is 2. The Hall–Kier alpha value is -3.60. The number of pyridine rings is 1. The van der Waals surface area contributed by atoms with Gasteiger partial charge in [-0.15, -0.1) is 0 Å². The molecule has 0 atom stereocenters. The van der Waals surface area contributed by atoms with Crippen molar-refractivity contribution in [3.63, 3.8) is 0 Å². The van der Waals surface area contributed by atoms with Gasteiger partial charge >= 0.3 is 12.2 Å². The highest BCUT2D eigenvalue weighted by atomic mass is 16.6. The van der Waals surface area contributed by atoms with Crippen molar-refractivity contribution >= 4 is 18.0 Å². The number of hydrogen-bond donors (Lipinski definition) is 1. The summed E-state index contributed by atoms with van der Waals surface area (Å²) in [5.41, 5.74) is 3.07. The number of nitriles is 1. The van der Waals surface area contributed by atoms with Crippen LogP contribution in [0.5, 0.6) is 0 Å². The number of hydrogen-bond acceptors (Lipinski definition) is 6. The monoisotopic (exact) mass is 410 g/mol. The largest absolute Gasteiger partial charge is 0.443 e. The lowest BCUT2D eigenvalue weighted by molar-refractivity contribution is 0.0424. The van der Waals surface area contributed by atoms with E-state index in [2.05, 4.69) is 16.5 Å². The number of benzene rings is 1. The molecule has 0 spiro atoms. The van der Waals surface area contributed by atoms with Crippen LogP contribution in [0.3, 0.4) is 0 Å². The van der Waals surface area contributed by atoms with E-state index in [9.17, 15) is 9.59 Å². The molecule has 0 aliphatic heterocycles. The Morgan fingerprint density at radius 2 is 1.50 bits per heavy atom. The highest BCUT2D eigenvalue weighted by Gasteiger charge is 2.28. The summed E-state index contributed by atoms with van der Waals surface area (Å²) in [5.74, 6) is 0.160. The minimum atomic E-state index is -0.814. The van der Waals surface area contributed by atoms with E-state index in [-0.39, 0.29) is 5.82 Å². The Kier molecular flexibility index (Phi) is 6.67. The first-order valence-corrected chi connectivity index (χ1v) is 9.37. The molecule has 0 saturated carbocycles. The number of aromatic nitrogens is 1. The maximum absolute atomic E-state index is 12.6. The molecule has 30 heavy (non-hydrogen) atoms. The zero-order valence-corrected chi connectivity index (χ0v) is 18.0. The molecule has 2 aromatic rings. The highest BCUT2D eigenvalue weighted by molar-refractivity contribution is 5.90. The number of anilines is 1. The molecule has 1 N–H and O–H groups in total. The van der Waals surface area contributed by atoms with E-state index in [0.717, 1.165) is 16.1 Å². The zero-order chi connectivity index (χ0) is 22.5. The maximum atomic E-state index is 12.6. The van der Waals surface area contributed by atoms with Crippen LogP contribution in [0.15, 0.2) is 42.6 Å². The number of nitrogens with zero attached hydrogens (tertiary/aromatic N) is 3. The van der Waals surface area contributed by atoms with Gasteiger partial charge in [0.1, 0.15) is 11.2 Å². The molecule has 1 aromatic carbocycles. The van der Waals surface area contributed by atoms with Crippen molar-refractivity contribution in [2.24, 2.45) is 0 Å². The first kappa shape index (κ1) is 22.7. The molecule has 0 radical (unpaired) electrons.